The van der Waals surface area contributed by atoms with Crippen molar-refractivity contribution < 1.29 is 4.79 Å². The minimum atomic E-state index is -0.370. The predicted molar refractivity (Wildman–Crippen MR) is 143 cm³/mol. The van der Waals surface area contributed by atoms with Gasteiger partial charge in [0.2, 0.25) is 11.6 Å². The number of aryl methyl sites for hydroxylation is 2. The lowest BCUT2D eigenvalue weighted by atomic mass is 9.96. The van der Waals surface area contributed by atoms with Crippen LogP contribution in [-0.2, 0) is 11.8 Å². The Labute approximate surface area is 210 Å². The van der Waals surface area contributed by atoms with Crippen molar-refractivity contribution in [1.29, 1.82) is 0 Å². The summed E-state index contributed by atoms with van der Waals surface area (Å²) < 4.78 is 4.14. The summed E-state index contributed by atoms with van der Waals surface area (Å²) in [5.74, 6) is 2.47. The fraction of sp³-hybridized carbons (Fsp3) is 0.370. The monoisotopic (exact) mass is 484 g/mol. The number of carbonyl (C=O) groups excluding carboxylic acids is 1. The lowest BCUT2D eigenvalue weighted by Crippen LogP contribution is -2.35. The molecular formula is C27H32N8O. The van der Waals surface area contributed by atoms with E-state index in [1.165, 1.54) is 0 Å². The van der Waals surface area contributed by atoms with Crippen LogP contribution in [0.25, 0.3) is 39.1 Å². The molecule has 1 amide bonds. The number of hydrogen-bond donors (Lipinski definition) is 2. The summed E-state index contributed by atoms with van der Waals surface area (Å²) in [6, 6.07) is 14.3. The Morgan fingerprint density at radius 1 is 0.944 bits per heavy atom. The SMILES string of the molecule is Cc1nnc2c(NCCCCNC(=O)C(C)(C)C)nc3cc(-c4nc5ccccc5n4C)ccc3n12. The quantitative estimate of drug-likeness (QED) is 0.330. The third-order valence-corrected chi connectivity index (χ3v) is 6.39. The number of rotatable bonds is 7. The number of unbranched alkanes of at least 4 members (excludes halogenated alkanes) is 1. The van der Waals surface area contributed by atoms with Gasteiger partial charge in [-0.25, -0.2) is 9.97 Å². The number of aromatic nitrogens is 6. The molecule has 5 aromatic rings. The molecule has 5 rings (SSSR count). The fourth-order valence-corrected chi connectivity index (χ4v) is 4.36. The summed E-state index contributed by atoms with van der Waals surface area (Å²) >= 11 is 0. The van der Waals surface area contributed by atoms with Crippen molar-refractivity contribution in [3.8, 4) is 11.4 Å². The second kappa shape index (κ2) is 9.22. The van der Waals surface area contributed by atoms with Gasteiger partial charge in [-0.1, -0.05) is 32.9 Å². The van der Waals surface area contributed by atoms with Gasteiger partial charge in [0.05, 0.1) is 22.1 Å². The van der Waals surface area contributed by atoms with Crippen LogP contribution in [0, 0.1) is 12.3 Å². The van der Waals surface area contributed by atoms with E-state index in [2.05, 4.69) is 49.7 Å². The fourth-order valence-electron chi connectivity index (χ4n) is 4.36. The normalized spacial score (nSPS) is 12.0. The van der Waals surface area contributed by atoms with E-state index in [0.717, 1.165) is 58.7 Å². The Kier molecular flexibility index (Phi) is 6.07. The van der Waals surface area contributed by atoms with Gasteiger partial charge in [-0.15, -0.1) is 10.2 Å². The van der Waals surface area contributed by atoms with Crippen molar-refractivity contribution in [2.24, 2.45) is 12.5 Å². The number of benzene rings is 2. The molecular weight excluding hydrogens is 452 g/mol. The van der Waals surface area contributed by atoms with Crippen LogP contribution in [0.4, 0.5) is 5.82 Å². The first kappa shape index (κ1) is 23.7. The van der Waals surface area contributed by atoms with Crippen LogP contribution in [-0.4, -0.2) is 48.1 Å². The van der Waals surface area contributed by atoms with E-state index >= 15 is 0 Å². The van der Waals surface area contributed by atoms with Gasteiger partial charge in [-0.3, -0.25) is 9.20 Å². The van der Waals surface area contributed by atoms with Crippen molar-refractivity contribution in [2.45, 2.75) is 40.5 Å². The molecule has 0 aliphatic carbocycles. The van der Waals surface area contributed by atoms with Crippen LogP contribution in [0.15, 0.2) is 42.5 Å². The zero-order valence-electron chi connectivity index (χ0n) is 21.5. The van der Waals surface area contributed by atoms with Gasteiger partial charge in [0.15, 0.2) is 5.82 Å². The zero-order valence-corrected chi connectivity index (χ0v) is 21.5. The average Bonchev–Trinajstić information content (AvgIpc) is 3.40. The van der Waals surface area contributed by atoms with Crippen molar-refractivity contribution in [3.63, 3.8) is 0 Å². The summed E-state index contributed by atoms with van der Waals surface area (Å²) in [5.41, 5.74) is 5.18. The number of fused-ring (bicyclic) bond motifs is 4. The van der Waals surface area contributed by atoms with Crippen LogP contribution >= 0.6 is 0 Å². The summed E-state index contributed by atoms with van der Waals surface area (Å²) in [7, 11) is 2.03. The minimum absolute atomic E-state index is 0.0729. The highest BCUT2D eigenvalue weighted by Gasteiger charge is 2.20. The van der Waals surface area contributed by atoms with Crippen LogP contribution < -0.4 is 10.6 Å². The molecule has 186 valence electrons. The molecule has 0 atom stereocenters. The lowest BCUT2D eigenvalue weighted by molar-refractivity contribution is -0.128. The van der Waals surface area contributed by atoms with E-state index in [1.807, 2.05) is 57.3 Å². The van der Waals surface area contributed by atoms with Gasteiger partial charge in [-0.05, 0) is 50.1 Å². The van der Waals surface area contributed by atoms with Crippen LogP contribution in [0.2, 0.25) is 0 Å². The van der Waals surface area contributed by atoms with E-state index in [0.29, 0.717) is 18.0 Å². The Balaban J connectivity index is 1.39. The molecule has 0 unspecified atom stereocenters. The second-order valence-corrected chi connectivity index (χ2v) is 10.2. The second-order valence-electron chi connectivity index (χ2n) is 10.2. The van der Waals surface area contributed by atoms with E-state index in [-0.39, 0.29) is 11.3 Å². The van der Waals surface area contributed by atoms with Gasteiger partial charge in [0.1, 0.15) is 11.6 Å². The molecule has 0 aliphatic rings. The molecule has 0 spiro atoms. The van der Waals surface area contributed by atoms with Gasteiger partial charge >= 0.3 is 0 Å². The molecule has 0 radical (unpaired) electrons. The Morgan fingerprint density at radius 3 is 2.50 bits per heavy atom. The van der Waals surface area contributed by atoms with Crippen molar-refractivity contribution in [3.05, 3.63) is 48.3 Å². The number of nitrogens with one attached hydrogen (secondary N) is 2. The summed E-state index contributed by atoms with van der Waals surface area (Å²) in [5, 5.41) is 15.1. The molecule has 3 aromatic heterocycles. The molecule has 3 heterocycles. The third-order valence-electron chi connectivity index (χ3n) is 6.39. The molecule has 2 N–H and O–H groups in total. The van der Waals surface area contributed by atoms with Crippen LogP contribution in [0.3, 0.4) is 0 Å². The number of amides is 1. The number of carbonyl (C=O) groups is 1. The van der Waals surface area contributed by atoms with Gasteiger partial charge in [0, 0.05) is 31.1 Å². The first-order chi connectivity index (χ1) is 17.2. The summed E-state index contributed by atoms with van der Waals surface area (Å²) in [4.78, 5) is 21.8. The van der Waals surface area contributed by atoms with E-state index in [4.69, 9.17) is 9.97 Å². The number of para-hydroxylation sites is 2. The topological polar surface area (TPSA) is 102 Å². The van der Waals surface area contributed by atoms with Gasteiger partial charge in [-0.2, -0.15) is 0 Å². The highest BCUT2D eigenvalue weighted by molar-refractivity contribution is 5.88. The molecule has 0 fully saturated rings. The van der Waals surface area contributed by atoms with Gasteiger partial charge in [0.25, 0.3) is 0 Å². The summed E-state index contributed by atoms with van der Waals surface area (Å²) in [6.45, 7) is 9.08. The Hall–Kier alpha value is -4.01. The molecule has 9 nitrogen and oxygen atoms in total. The Bertz CT molecular complexity index is 1570. The zero-order chi connectivity index (χ0) is 25.4. The van der Waals surface area contributed by atoms with E-state index in [1.54, 1.807) is 0 Å². The molecule has 0 saturated heterocycles. The van der Waals surface area contributed by atoms with Crippen LogP contribution in [0.5, 0.6) is 0 Å². The standard InChI is InChI=1S/C27H32N8O/c1-17-32-33-25-23(28-14-8-9-15-29-26(36)27(2,3)4)30-20-16-18(12-13-22(20)35(17)25)24-31-19-10-6-7-11-21(19)34(24)5/h6-7,10-13,16H,8-9,14-15H2,1-5H3,(H,28,30)(H,29,36). The molecule has 0 saturated carbocycles. The molecule has 2 aromatic carbocycles. The van der Waals surface area contributed by atoms with Crippen LogP contribution in [0.1, 0.15) is 39.4 Å². The first-order valence-electron chi connectivity index (χ1n) is 12.3. The Morgan fingerprint density at radius 2 is 1.72 bits per heavy atom. The molecule has 36 heavy (non-hydrogen) atoms. The maximum absolute atomic E-state index is 12.0. The number of hydrogen-bond acceptors (Lipinski definition) is 6. The van der Waals surface area contributed by atoms with Crippen molar-refractivity contribution in [2.75, 3.05) is 18.4 Å². The highest BCUT2D eigenvalue weighted by Crippen LogP contribution is 2.28. The third kappa shape index (κ3) is 4.36. The lowest BCUT2D eigenvalue weighted by Gasteiger charge is -2.17. The summed E-state index contributed by atoms with van der Waals surface area (Å²) in [6.07, 6.45) is 1.77. The smallest absolute Gasteiger partial charge is 0.225 e. The number of nitrogens with zero attached hydrogens (tertiary/aromatic N) is 6. The maximum atomic E-state index is 12.0. The van der Waals surface area contributed by atoms with Crippen molar-refractivity contribution >= 4 is 39.4 Å². The average molecular weight is 485 g/mol. The number of anilines is 1. The first-order valence-corrected chi connectivity index (χ1v) is 12.3. The highest BCUT2D eigenvalue weighted by atomic mass is 16.2. The molecule has 9 heteroatoms. The van der Waals surface area contributed by atoms with E-state index < -0.39 is 0 Å². The van der Waals surface area contributed by atoms with Crippen molar-refractivity contribution in [1.82, 2.24) is 34.4 Å². The van der Waals surface area contributed by atoms with E-state index in [9.17, 15) is 4.79 Å². The molecule has 0 aliphatic heterocycles. The predicted octanol–water partition coefficient (Wildman–Crippen LogP) is 4.49. The molecule has 0 bridgehead atoms. The minimum Gasteiger partial charge on any atom is -0.367 e. The van der Waals surface area contributed by atoms with Gasteiger partial charge < -0.3 is 15.2 Å². The maximum Gasteiger partial charge on any atom is 0.225 e. The number of imidazole rings is 1. The largest absolute Gasteiger partial charge is 0.367 e.